The van der Waals surface area contributed by atoms with Crippen molar-refractivity contribution in [1.82, 2.24) is 4.98 Å². The van der Waals surface area contributed by atoms with Gasteiger partial charge in [-0.15, -0.1) is 0 Å². The molecule has 0 fully saturated rings. The lowest BCUT2D eigenvalue weighted by atomic mass is 10.0. The van der Waals surface area contributed by atoms with E-state index in [-0.39, 0.29) is 12.3 Å². The van der Waals surface area contributed by atoms with Gasteiger partial charge in [0.05, 0.1) is 12.3 Å². The summed E-state index contributed by atoms with van der Waals surface area (Å²) in [4.78, 5) is 4.37. The third-order valence-corrected chi connectivity index (χ3v) is 2.07. The number of hydrogen-bond donors (Lipinski definition) is 2. The van der Waals surface area contributed by atoms with E-state index in [4.69, 9.17) is 10.5 Å². The first-order valence-corrected chi connectivity index (χ1v) is 4.72. The topological polar surface area (TPSA) is 57.0 Å². The maximum atomic E-state index is 8.86. The highest BCUT2D eigenvalue weighted by atomic mass is 16.3. The molecule has 2 N–H and O–H groups in total. The molecule has 1 aromatic heterocycles. The zero-order valence-electron chi connectivity index (χ0n) is 8.83. The van der Waals surface area contributed by atoms with Gasteiger partial charge in [-0.3, -0.25) is 4.98 Å². The third-order valence-electron chi connectivity index (χ3n) is 2.07. The van der Waals surface area contributed by atoms with Crippen LogP contribution < -0.4 is 0 Å². The van der Waals surface area contributed by atoms with Crippen LogP contribution in [0.3, 0.4) is 0 Å². The Kier molecular flexibility index (Phi) is 3.36. The van der Waals surface area contributed by atoms with E-state index in [9.17, 15) is 0 Å². The van der Waals surface area contributed by atoms with E-state index in [1.807, 2.05) is 19.1 Å². The summed E-state index contributed by atoms with van der Waals surface area (Å²) < 4.78 is 0. The molecule has 0 aliphatic carbocycles. The molecule has 0 amide bonds. The summed E-state index contributed by atoms with van der Waals surface area (Å²) in [5, 5.41) is 16.4. The fourth-order valence-electron chi connectivity index (χ4n) is 1.26. The number of aromatic nitrogens is 1. The summed E-state index contributed by atoms with van der Waals surface area (Å²) >= 11 is 0. The van der Waals surface area contributed by atoms with Crippen LogP contribution in [0.25, 0.3) is 0 Å². The van der Waals surface area contributed by atoms with Gasteiger partial charge in [0.1, 0.15) is 0 Å². The van der Waals surface area contributed by atoms with Crippen LogP contribution in [0.2, 0.25) is 0 Å². The van der Waals surface area contributed by atoms with Crippen LogP contribution in [0.15, 0.2) is 12.1 Å². The van der Waals surface area contributed by atoms with Gasteiger partial charge in [0, 0.05) is 17.0 Å². The van der Waals surface area contributed by atoms with Crippen LogP contribution in [-0.4, -0.2) is 22.4 Å². The molecule has 0 radical (unpaired) electrons. The highest BCUT2D eigenvalue weighted by Gasteiger charge is 2.06. The molecule has 0 aliphatic rings. The molecule has 1 aromatic rings. The summed E-state index contributed by atoms with van der Waals surface area (Å²) in [7, 11) is 0. The second-order valence-electron chi connectivity index (χ2n) is 3.71. The van der Waals surface area contributed by atoms with Gasteiger partial charge < -0.3 is 10.5 Å². The van der Waals surface area contributed by atoms with Gasteiger partial charge in [0.2, 0.25) is 0 Å². The Bertz CT molecular complexity index is 345. The zero-order valence-corrected chi connectivity index (χ0v) is 8.83. The van der Waals surface area contributed by atoms with E-state index in [0.29, 0.717) is 5.92 Å². The largest absolute Gasteiger partial charge is 0.390 e. The molecule has 3 nitrogen and oxygen atoms in total. The fourth-order valence-corrected chi connectivity index (χ4v) is 1.26. The summed E-state index contributed by atoms with van der Waals surface area (Å²) in [5.74, 6) is 0.347. The molecule has 0 spiro atoms. The van der Waals surface area contributed by atoms with E-state index in [1.54, 1.807) is 0 Å². The van der Waals surface area contributed by atoms with Gasteiger partial charge in [-0.2, -0.15) is 0 Å². The van der Waals surface area contributed by atoms with Crippen LogP contribution >= 0.6 is 0 Å². The highest BCUT2D eigenvalue weighted by Crippen LogP contribution is 2.14. The Hall–Kier alpha value is -1.22. The summed E-state index contributed by atoms with van der Waals surface area (Å²) in [6, 6.07) is 3.70. The van der Waals surface area contributed by atoms with Gasteiger partial charge in [-0.05, 0) is 25.0 Å². The van der Waals surface area contributed by atoms with Crippen LogP contribution in [-0.2, 0) is 0 Å². The maximum absolute atomic E-state index is 8.86. The molecular formula is C11H16N2O. The van der Waals surface area contributed by atoms with E-state index < -0.39 is 0 Å². The minimum absolute atomic E-state index is 0.221. The van der Waals surface area contributed by atoms with Crippen molar-refractivity contribution in [3.8, 4) is 0 Å². The Labute approximate surface area is 84.3 Å². The minimum Gasteiger partial charge on any atom is -0.390 e. The number of nitrogens with one attached hydrogen (secondary N) is 1. The van der Waals surface area contributed by atoms with Crippen molar-refractivity contribution >= 4 is 5.71 Å². The lowest BCUT2D eigenvalue weighted by Gasteiger charge is -2.08. The molecular weight excluding hydrogens is 176 g/mol. The Morgan fingerprint density at radius 3 is 2.64 bits per heavy atom. The zero-order chi connectivity index (χ0) is 10.7. The molecule has 0 atom stereocenters. The maximum Gasteiger partial charge on any atom is 0.0851 e. The van der Waals surface area contributed by atoms with Gasteiger partial charge >= 0.3 is 0 Å². The van der Waals surface area contributed by atoms with Crippen molar-refractivity contribution in [2.75, 3.05) is 6.61 Å². The van der Waals surface area contributed by atoms with Crippen molar-refractivity contribution in [3.63, 3.8) is 0 Å². The molecule has 0 aromatic carbocycles. The third kappa shape index (κ3) is 2.39. The first kappa shape index (κ1) is 10.9. The first-order chi connectivity index (χ1) is 6.54. The highest BCUT2D eigenvalue weighted by molar-refractivity contribution is 5.99. The molecule has 3 heteroatoms. The van der Waals surface area contributed by atoms with E-state index >= 15 is 0 Å². The van der Waals surface area contributed by atoms with Crippen molar-refractivity contribution in [2.45, 2.75) is 26.7 Å². The summed E-state index contributed by atoms with van der Waals surface area (Å²) in [6.45, 7) is 5.81. The molecule has 0 aliphatic heterocycles. The molecule has 1 heterocycles. The standard InChI is InChI=1S/C11H16N2O/c1-7(2)11-5-9(10(12)6-14)4-8(3)13-11/h4-5,7,12,14H,6H2,1-3H3. The van der Waals surface area contributed by atoms with Crippen LogP contribution in [0.4, 0.5) is 0 Å². The predicted molar refractivity (Wildman–Crippen MR) is 57.0 cm³/mol. The monoisotopic (exact) mass is 192 g/mol. The van der Waals surface area contributed by atoms with E-state index in [1.165, 1.54) is 0 Å². The molecule has 0 saturated heterocycles. The van der Waals surface area contributed by atoms with E-state index in [2.05, 4.69) is 18.8 Å². The number of aryl methyl sites for hydroxylation is 1. The van der Waals surface area contributed by atoms with Gasteiger partial charge in [-0.25, -0.2) is 0 Å². The minimum atomic E-state index is -0.221. The van der Waals surface area contributed by atoms with Gasteiger partial charge in [0.25, 0.3) is 0 Å². The quantitative estimate of drug-likeness (QED) is 0.718. The summed E-state index contributed by atoms with van der Waals surface area (Å²) in [6.07, 6.45) is 0. The molecule has 0 unspecified atom stereocenters. The second kappa shape index (κ2) is 4.33. The van der Waals surface area contributed by atoms with Gasteiger partial charge in [-0.1, -0.05) is 13.8 Å². The number of hydrogen-bond acceptors (Lipinski definition) is 3. The molecule has 76 valence electrons. The fraction of sp³-hybridized carbons (Fsp3) is 0.455. The first-order valence-electron chi connectivity index (χ1n) is 4.72. The smallest absolute Gasteiger partial charge is 0.0851 e. The number of pyridine rings is 1. The van der Waals surface area contributed by atoms with Gasteiger partial charge in [0.15, 0.2) is 0 Å². The Morgan fingerprint density at radius 2 is 2.14 bits per heavy atom. The second-order valence-corrected chi connectivity index (χ2v) is 3.71. The van der Waals surface area contributed by atoms with Crippen molar-refractivity contribution in [3.05, 3.63) is 29.1 Å². The van der Waals surface area contributed by atoms with Crippen molar-refractivity contribution in [2.24, 2.45) is 0 Å². The lowest BCUT2D eigenvalue weighted by Crippen LogP contribution is -2.07. The molecule has 1 rings (SSSR count). The van der Waals surface area contributed by atoms with Crippen LogP contribution in [0.5, 0.6) is 0 Å². The average Bonchev–Trinajstić information content (AvgIpc) is 2.15. The number of aliphatic hydroxyl groups excluding tert-OH is 1. The van der Waals surface area contributed by atoms with E-state index in [0.717, 1.165) is 17.0 Å². The molecule has 0 saturated carbocycles. The number of aliphatic hydroxyl groups is 1. The molecule has 14 heavy (non-hydrogen) atoms. The van der Waals surface area contributed by atoms with Crippen molar-refractivity contribution < 1.29 is 5.11 Å². The van der Waals surface area contributed by atoms with Crippen LogP contribution in [0, 0.1) is 12.3 Å². The Morgan fingerprint density at radius 1 is 1.50 bits per heavy atom. The predicted octanol–water partition coefficient (Wildman–Crippen LogP) is 1.87. The van der Waals surface area contributed by atoms with Crippen molar-refractivity contribution in [1.29, 1.82) is 5.41 Å². The lowest BCUT2D eigenvalue weighted by molar-refractivity contribution is 0.357. The Balaban J connectivity index is 3.13. The number of nitrogens with zero attached hydrogens (tertiary/aromatic N) is 1. The number of rotatable bonds is 3. The van der Waals surface area contributed by atoms with Crippen LogP contribution in [0.1, 0.15) is 36.7 Å². The molecule has 0 bridgehead atoms. The average molecular weight is 192 g/mol. The SMILES string of the molecule is Cc1cc(C(=N)CO)cc(C(C)C)n1. The normalized spacial score (nSPS) is 10.6. The summed E-state index contributed by atoms with van der Waals surface area (Å²) in [5.41, 5.74) is 2.88.